The van der Waals surface area contributed by atoms with Crippen molar-refractivity contribution in [3.63, 3.8) is 0 Å². The van der Waals surface area contributed by atoms with Gasteiger partial charge in [0.15, 0.2) is 0 Å². The summed E-state index contributed by atoms with van der Waals surface area (Å²) in [6.45, 7) is 5.44. The fraction of sp³-hybridized carbons (Fsp3) is 0.455. The monoisotopic (exact) mass is 378 g/mol. The summed E-state index contributed by atoms with van der Waals surface area (Å²) in [5.41, 5.74) is 3.89. The predicted molar refractivity (Wildman–Crippen MR) is 113 cm³/mol. The van der Waals surface area contributed by atoms with E-state index >= 15 is 0 Å². The van der Waals surface area contributed by atoms with E-state index in [2.05, 4.69) is 62.8 Å². The summed E-state index contributed by atoms with van der Waals surface area (Å²) in [6.07, 6.45) is 5.45. The molecule has 2 aliphatic rings. The molecule has 0 radical (unpaired) electrons. The lowest BCUT2D eigenvalue weighted by Gasteiger charge is -2.33. The highest BCUT2D eigenvalue weighted by Gasteiger charge is 2.38. The summed E-state index contributed by atoms with van der Waals surface area (Å²) in [6, 6.07) is 11.6. The smallest absolute Gasteiger partial charge is 0.150 e. The van der Waals surface area contributed by atoms with Crippen LogP contribution in [0.3, 0.4) is 0 Å². The van der Waals surface area contributed by atoms with Crippen LogP contribution in [0.15, 0.2) is 42.0 Å². The summed E-state index contributed by atoms with van der Waals surface area (Å²) in [5.74, 6) is 2.72. The summed E-state index contributed by atoms with van der Waals surface area (Å²) < 4.78 is 1.24. The molecule has 1 saturated heterocycles. The van der Waals surface area contributed by atoms with Crippen LogP contribution in [0.5, 0.6) is 0 Å². The lowest BCUT2D eigenvalue weighted by atomic mass is 10.0. The molecule has 5 heteroatoms. The average Bonchev–Trinajstić information content (AvgIpc) is 3.42. The van der Waals surface area contributed by atoms with E-state index in [4.69, 9.17) is 0 Å². The fourth-order valence-corrected chi connectivity index (χ4v) is 5.40. The molecule has 4 nitrogen and oxygen atoms in total. The number of nitrogens with zero attached hydrogens (tertiary/aromatic N) is 3. The van der Waals surface area contributed by atoms with Crippen molar-refractivity contribution in [2.24, 2.45) is 5.92 Å². The second-order valence-corrected chi connectivity index (χ2v) is 8.86. The molecular formula is C22H26N4S. The van der Waals surface area contributed by atoms with Crippen LogP contribution in [0.1, 0.15) is 36.3 Å². The van der Waals surface area contributed by atoms with Crippen LogP contribution in [0, 0.1) is 12.8 Å². The van der Waals surface area contributed by atoms with E-state index in [1.807, 2.05) is 0 Å². The van der Waals surface area contributed by atoms with Gasteiger partial charge in [-0.1, -0.05) is 30.3 Å². The summed E-state index contributed by atoms with van der Waals surface area (Å²) in [5, 5.41) is 6.03. The Morgan fingerprint density at radius 3 is 2.78 bits per heavy atom. The number of hydrogen-bond acceptors (Lipinski definition) is 5. The Labute approximate surface area is 164 Å². The Balaban J connectivity index is 1.14. The molecule has 0 spiro atoms. The third-order valence-electron chi connectivity index (χ3n) is 6.13. The molecule has 1 saturated carbocycles. The van der Waals surface area contributed by atoms with Crippen molar-refractivity contribution < 1.29 is 0 Å². The highest BCUT2D eigenvalue weighted by molar-refractivity contribution is 7.18. The third kappa shape index (κ3) is 3.46. The van der Waals surface area contributed by atoms with Crippen LogP contribution in [0.25, 0.3) is 10.2 Å². The summed E-state index contributed by atoms with van der Waals surface area (Å²) >= 11 is 1.77. The first-order valence-corrected chi connectivity index (χ1v) is 10.9. The van der Waals surface area contributed by atoms with E-state index in [0.717, 1.165) is 42.8 Å². The van der Waals surface area contributed by atoms with E-state index in [9.17, 15) is 0 Å². The molecule has 2 fully saturated rings. The van der Waals surface area contributed by atoms with E-state index in [1.54, 1.807) is 17.7 Å². The molecule has 5 rings (SSSR count). The molecular weight excluding hydrogens is 352 g/mol. The van der Waals surface area contributed by atoms with Gasteiger partial charge in [-0.05, 0) is 61.1 Å². The second kappa shape index (κ2) is 7.21. The maximum atomic E-state index is 4.60. The van der Waals surface area contributed by atoms with Crippen molar-refractivity contribution in [1.82, 2.24) is 15.3 Å². The van der Waals surface area contributed by atoms with Gasteiger partial charge in [-0.2, -0.15) is 0 Å². The second-order valence-electron chi connectivity index (χ2n) is 7.98. The molecule has 2 aromatic heterocycles. The molecule has 140 valence electrons. The minimum Gasteiger partial charge on any atom is -0.355 e. The predicted octanol–water partition coefficient (Wildman–Crippen LogP) is 4.36. The number of anilines is 1. The first-order valence-electron chi connectivity index (χ1n) is 10.0. The van der Waals surface area contributed by atoms with E-state index < -0.39 is 0 Å². The number of rotatable bonds is 5. The number of fused-ring (bicyclic) bond motifs is 1. The van der Waals surface area contributed by atoms with Crippen molar-refractivity contribution in [1.29, 1.82) is 0 Å². The fourth-order valence-electron chi connectivity index (χ4n) is 4.38. The number of aromatic nitrogens is 2. The van der Waals surface area contributed by atoms with Crippen LogP contribution in [-0.4, -0.2) is 35.6 Å². The van der Waals surface area contributed by atoms with Crippen LogP contribution < -0.4 is 10.2 Å². The lowest BCUT2D eigenvalue weighted by molar-refractivity contribution is 0.406. The molecule has 0 amide bonds. The Bertz CT molecular complexity index is 914. The highest BCUT2D eigenvalue weighted by Crippen LogP contribution is 2.46. The van der Waals surface area contributed by atoms with Crippen LogP contribution in [0.2, 0.25) is 0 Å². The minimum absolute atomic E-state index is 0.640. The average molecular weight is 379 g/mol. The van der Waals surface area contributed by atoms with Gasteiger partial charge in [0, 0.05) is 19.1 Å². The van der Waals surface area contributed by atoms with Gasteiger partial charge in [-0.25, -0.2) is 9.97 Å². The standard InChI is InChI=1S/C22H26N4S/c1-15-13-27-21-20(15)24-14-25-22(21)26-9-7-18(8-10-26)23-12-17-11-19(17)16-5-3-2-4-6-16/h2-6,13-14,17-19,23H,7-12H2,1H3. The van der Waals surface area contributed by atoms with Gasteiger partial charge in [0.1, 0.15) is 12.1 Å². The topological polar surface area (TPSA) is 41.0 Å². The number of piperidine rings is 1. The Morgan fingerprint density at radius 2 is 1.96 bits per heavy atom. The Morgan fingerprint density at radius 1 is 1.15 bits per heavy atom. The molecule has 0 bridgehead atoms. The lowest BCUT2D eigenvalue weighted by Crippen LogP contribution is -2.43. The molecule has 1 aliphatic carbocycles. The number of thiophene rings is 1. The Hall–Kier alpha value is -1.98. The van der Waals surface area contributed by atoms with Gasteiger partial charge in [-0.15, -0.1) is 11.3 Å². The van der Waals surface area contributed by atoms with Crippen molar-refractivity contribution >= 4 is 27.4 Å². The van der Waals surface area contributed by atoms with E-state index in [0.29, 0.717) is 6.04 Å². The van der Waals surface area contributed by atoms with Crippen molar-refractivity contribution in [3.8, 4) is 0 Å². The zero-order valence-corrected chi connectivity index (χ0v) is 16.6. The molecule has 3 aromatic rings. The Kier molecular flexibility index (Phi) is 4.58. The SMILES string of the molecule is Cc1csc2c(N3CCC(NCC4CC4c4ccccc4)CC3)ncnc12. The molecule has 2 atom stereocenters. The van der Waals surface area contributed by atoms with Crippen molar-refractivity contribution in [3.05, 3.63) is 53.2 Å². The molecule has 3 heterocycles. The van der Waals surface area contributed by atoms with Gasteiger partial charge >= 0.3 is 0 Å². The molecule has 1 aliphatic heterocycles. The van der Waals surface area contributed by atoms with Crippen molar-refractivity contribution in [2.45, 2.75) is 38.1 Å². The number of nitrogens with one attached hydrogen (secondary N) is 1. The number of benzene rings is 1. The molecule has 1 aromatic carbocycles. The van der Waals surface area contributed by atoms with Gasteiger partial charge in [0.25, 0.3) is 0 Å². The summed E-state index contributed by atoms with van der Waals surface area (Å²) in [4.78, 5) is 11.5. The van der Waals surface area contributed by atoms with Gasteiger partial charge < -0.3 is 10.2 Å². The number of hydrogen-bond donors (Lipinski definition) is 1. The zero-order chi connectivity index (χ0) is 18.2. The van der Waals surface area contributed by atoms with E-state index in [1.165, 1.54) is 35.1 Å². The zero-order valence-electron chi connectivity index (χ0n) is 15.8. The highest BCUT2D eigenvalue weighted by atomic mass is 32.1. The number of aryl methyl sites for hydroxylation is 1. The largest absolute Gasteiger partial charge is 0.355 e. The molecule has 1 N–H and O–H groups in total. The van der Waals surface area contributed by atoms with Gasteiger partial charge in [0.05, 0.1) is 10.2 Å². The summed E-state index contributed by atoms with van der Waals surface area (Å²) in [7, 11) is 0. The van der Waals surface area contributed by atoms with E-state index in [-0.39, 0.29) is 0 Å². The minimum atomic E-state index is 0.640. The first-order chi connectivity index (χ1) is 13.3. The molecule has 2 unspecified atom stereocenters. The van der Waals surface area contributed by atoms with Crippen LogP contribution >= 0.6 is 11.3 Å². The van der Waals surface area contributed by atoms with Crippen molar-refractivity contribution in [2.75, 3.05) is 24.5 Å². The normalized spacial score (nSPS) is 23.1. The first kappa shape index (κ1) is 17.1. The third-order valence-corrected chi connectivity index (χ3v) is 7.21. The van der Waals surface area contributed by atoms with Crippen LogP contribution in [0.4, 0.5) is 5.82 Å². The van der Waals surface area contributed by atoms with Gasteiger partial charge in [0.2, 0.25) is 0 Å². The van der Waals surface area contributed by atoms with Gasteiger partial charge in [-0.3, -0.25) is 0 Å². The maximum absolute atomic E-state index is 4.60. The maximum Gasteiger partial charge on any atom is 0.150 e. The van der Waals surface area contributed by atoms with Crippen LogP contribution in [-0.2, 0) is 0 Å². The quantitative estimate of drug-likeness (QED) is 0.716. The molecule has 27 heavy (non-hydrogen) atoms.